The molecule has 0 amide bonds. The standard InChI is InChI=1S/C42H62N6O12/c1-13-29-42(9)31(30(39(53)58-42)36(43)47-59-25(7)26-18-28(60-46-26)37-44-15-14-16-45-37)22(4)32(49)20(2)19-41(8,54-12)35(23(5)33(50)24(6)38(52)56-29)57-40-34(51)27(48(10)11)17-21(3)55-40/h14-16,18,20-25,27,29-31,34-35,40,51H,13,17,19H2,1-12H3,(H2,43,47)/t20-,21-,22-,23+,24-,25?,27+,29+,30-,31+,34-,35-,40?,41-,42-/m1/s1. The zero-order valence-corrected chi connectivity index (χ0v) is 36.7. The van der Waals surface area contributed by atoms with Crippen molar-refractivity contribution in [3.05, 3.63) is 30.2 Å². The van der Waals surface area contributed by atoms with Gasteiger partial charge >= 0.3 is 11.9 Å². The first-order chi connectivity index (χ1) is 28.2. The molecule has 0 spiro atoms. The molecule has 3 saturated heterocycles. The quantitative estimate of drug-likeness (QED) is 0.114. The number of fused-ring (bicyclic) bond motifs is 1. The Bertz CT molecular complexity index is 1880. The van der Waals surface area contributed by atoms with E-state index in [1.165, 1.54) is 14.0 Å². The van der Waals surface area contributed by atoms with Crippen LogP contribution >= 0.6 is 0 Å². The van der Waals surface area contributed by atoms with Crippen LogP contribution in [0.25, 0.3) is 11.6 Å². The van der Waals surface area contributed by atoms with Gasteiger partial charge < -0.3 is 48.8 Å². The van der Waals surface area contributed by atoms with Crippen molar-refractivity contribution >= 4 is 29.3 Å². The number of amidine groups is 1. The summed E-state index contributed by atoms with van der Waals surface area (Å²) in [6.45, 7) is 15.1. The second-order valence-electron chi connectivity index (χ2n) is 17.2. The van der Waals surface area contributed by atoms with Gasteiger partial charge in [-0.2, -0.15) is 0 Å². The lowest BCUT2D eigenvalue weighted by atomic mass is 9.67. The highest BCUT2D eigenvalue weighted by atomic mass is 16.7. The summed E-state index contributed by atoms with van der Waals surface area (Å²) in [6, 6.07) is 2.94. The number of methoxy groups -OCH3 is 1. The number of aliphatic hydroxyl groups is 1. The third-order valence-electron chi connectivity index (χ3n) is 12.7. The molecule has 5 rings (SSSR count). The highest BCUT2D eigenvalue weighted by Crippen LogP contribution is 2.48. The number of cyclic esters (lactones) is 1. The van der Waals surface area contributed by atoms with E-state index in [9.17, 15) is 24.3 Å². The normalized spacial score (nSPS) is 37.9. The highest BCUT2D eigenvalue weighted by molar-refractivity contribution is 6.03. The number of rotatable bonds is 10. The predicted molar refractivity (Wildman–Crippen MR) is 214 cm³/mol. The maximum absolute atomic E-state index is 14.8. The van der Waals surface area contributed by atoms with Gasteiger partial charge in [-0.25, -0.2) is 9.97 Å². The smallest absolute Gasteiger partial charge is 0.317 e. The molecule has 2 aromatic rings. The molecule has 60 heavy (non-hydrogen) atoms. The molecule has 3 N–H and O–H groups in total. The van der Waals surface area contributed by atoms with E-state index in [0.717, 1.165) is 0 Å². The van der Waals surface area contributed by atoms with E-state index in [0.29, 0.717) is 23.7 Å². The number of likely N-dealkylation sites (N-methyl/N-ethyl adjacent to an activating group) is 1. The van der Waals surface area contributed by atoms with Crippen molar-refractivity contribution in [2.75, 3.05) is 21.2 Å². The molecule has 2 aromatic heterocycles. The molecule has 3 fully saturated rings. The number of ether oxygens (including phenoxy) is 5. The van der Waals surface area contributed by atoms with Gasteiger partial charge in [-0.05, 0) is 74.0 Å². The summed E-state index contributed by atoms with van der Waals surface area (Å²) < 4.78 is 36.4. The summed E-state index contributed by atoms with van der Waals surface area (Å²) in [5.41, 5.74) is 3.99. The summed E-state index contributed by atoms with van der Waals surface area (Å²) in [4.78, 5) is 73.0. The van der Waals surface area contributed by atoms with Gasteiger partial charge in [0.05, 0.1) is 17.8 Å². The van der Waals surface area contributed by atoms with E-state index in [-0.39, 0.29) is 36.6 Å². The van der Waals surface area contributed by atoms with E-state index in [1.807, 2.05) is 25.9 Å². The molecule has 18 nitrogen and oxygen atoms in total. The lowest BCUT2D eigenvalue weighted by Gasteiger charge is -2.47. The maximum Gasteiger partial charge on any atom is 0.317 e. The lowest BCUT2D eigenvalue weighted by molar-refractivity contribution is -0.295. The number of oxime groups is 1. The van der Waals surface area contributed by atoms with Gasteiger partial charge in [-0.1, -0.05) is 38.0 Å². The number of carbonyl (C=O) groups is 4. The van der Waals surface area contributed by atoms with Gasteiger partial charge in [-0.15, -0.1) is 0 Å². The molecule has 0 bridgehead atoms. The van der Waals surface area contributed by atoms with Gasteiger partial charge in [0.15, 0.2) is 35.4 Å². The van der Waals surface area contributed by atoms with Gasteiger partial charge in [-0.3, -0.25) is 19.2 Å². The molecule has 0 saturated carbocycles. The van der Waals surface area contributed by atoms with Crippen molar-refractivity contribution < 1.29 is 57.3 Å². The number of aromatic nitrogens is 3. The van der Waals surface area contributed by atoms with Crippen LogP contribution in [0.3, 0.4) is 0 Å². The number of ketones is 2. The first-order valence-electron chi connectivity index (χ1n) is 20.6. The third-order valence-corrected chi connectivity index (χ3v) is 12.7. The topological polar surface area (TPSA) is 237 Å². The van der Waals surface area contributed by atoms with Gasteiger partial charge in [0.1, 0.15) is 35.5 Å². The van der Waals surface area contributed by atoms with Crippen LogP contribution in [0.15, 0.2) is 34.2 Å². The maximum atomic E-state index is 14.8. The van der Waals surface area contributed by atoms with Crippen LogP contribution in [0.4, 0.5) is 0 Å². The van der Waals surface area contributed by atoms with Gasteiger partial charge in [0, 0.05) is 55.3 Å². The second kappa shape index (κ2) is 18.7. The summed E-state index contributed by atoms with van der Waals surface area (Å²) >= 11 is 0. The van der Waals surface area contributed by atoms with Crippen molar-refractivity contribution in [3.8, 4) is 11.6 Å². The largest absolute Gasteiger partial charge is 0.458 e. The Hall–Kier alpha value is -4.36. The molecular formula is C42H62N6O12. The average Bonchev–Trinajstić information content (AvgIpc) is 3.83. The van der Waals surface area contributed by atoms with Gasteiger partial charge in [0.2, 0.25) is 5.76 Å². The van der Waals surface area contributed by atoms with Crippen molar-refractivity contribution in [3.63, 3.8) is 0 Å². The monoisotopic (exact) mass is 842 g/mol. The first-order valence-corrected chi connectivity index (χ1v) is 20.6. The van der Waals surface area contributed by atoms with Gasteiger partial charge in [0.25, 0.3) is 0 Å². The van der Waals surface area contributed by atoms with Crippen LogP contribution in [0, 0.1) is 35.5 Å². The van der Waals surface area contributed by atoms with Crippen LogP contribution in [0.5, 0.6) is 0 Å². The summed E-state index contributed by atoms with van der Waals surface area (Å²) in [5.74, 6) is -8.41. The van der Waals surface area contributed by atoms with Crippen LogP contribution in [0.1, 0.15) is 93.4 Å². The Morgan fingerprint density at radius 1 is 1.05 bits per heavy atom. The van der Waals surface area contributed by atoms with Crippen molar-refractivity contribution in [1.82, 2.24) is 20.0 Å². The Morgan fingerprint density at radius 3 is 2.33 bits per heavy atom. The van der Waals surface area contributed by atoms with E-state index in [1.54, 1.807) is 73.0 Å². The molecule has 0 aliphatic carbocycles. The van der Waals surface area contributed by atoms with Crippen LogP contribution < -0.4 is 5.73 Å². The Balaban J connectivity index is 1.51. The molecule has 332 valence electrons. The highest BCUT2D eigenvalue weighted by Gasteiger charge is 2.62. The van der Waals surface area contributed by atoms with Crippen LogP contribution in [-0.4, -0.2) is 124 Å². The Labute approximate surface area is 351 Å². The third kappa shape index (κ3) is 9.27. The summed E-state index contributed by atoms with van der Waals surface area (Å²) in [5, 5.41) is 19.6. The molecule has 3 aliphatic rings. The molecule has 2 unspecified atom stereocenters. The van der Waals surface area contributed by atoms with E-state index < -0.39 is 95.1 Å². The fourth-order valence-electron chi connectivity index (χ4n) is 9.21. The number of nitrogens with two attached hydrogens (primary N) is 1. The fourth-order valence-corrected chi connectivity index (χ4v) is 9.21. The Kier molecular flexibility index (Phi) is 14.6. The zero-order chi connectivity index (χ0) is 44.4. The molecule has 3 aliphatic heterocycles. The molecule has 15 atom stereocenters. The van der Waals surface area contributed by atoms with E-state index in [2.05, 4.69) is 20.3 Å². The molecule has 18 heteroatoms. The molecule has 0 radical (unpaired) electrons. The number of nitrogens with zero attached hydrogens (tertiary/aromatic N) is 5. The second-order valence-corrected chi connectivity index (χ2v) is 17.2. The Morgan fingerprint density at radius 2 is 1.72 bits per heavy atom. The van der Waals surface area contributed by atoms with Crippen molar-refractivity contribution in [1.29, 1.82) is 0 Å². The number of Topliss-reactive ketones (excluding diaryl/α,β-unsaturated/α-hetero) is 2. The predicted octanol–water partition coefficient (Wildman–Crippen LogP) is 3.65. The summed E-state index contributed by atoms with van der Waals surface area (Å²) in [6.07, 6.45) is -1.69. The van der Waals surface area contributed by atoms with Crippen LogP contribution in [0.2, 0.25) is 0 Å². The number of hydrogen-bond donors (Lipinski definition) is 2. The van der Waals surface area contributed by atoms with E-state index >= 15 is 0 Å². The lowest BCUT2D eigenvalue weighted by Crippen LogP contribution is -2.59. The minimum Gasteiger partial charge on any atom is -0.458 e. The molecule has 5 heterocycles. The minimum absolute atomic E-state index is 0.0429. The van der Waals surface area contributed by atoms with Crippen LogP contribution in [-0.2, 0) is 47.7 Å². The number of hydrogen-bond acceptors (Lipinski definition) is 17. The number of esters is 2. The molecule has 0 aromatic carbocycles. The summed E-state index contributed by atoms with van der Waals surface area (Å²) in [7, 11) is 5.15. The zero-order valence-electron chi connectivity index (χ0n) is 36.7. The van der Waals surface area contributed by atoms with Crippen molar-refractivity contribution in [2.45, 2.75) is 136 Å². The molecular weight excluding hydrogens is 780 g/mol. The SMILES string of the molecule is CC[C@@H]1OC(=O)[C@H](C)C(=O)[C@H](C)[C@@H](OC2O[C@H](C)C[C@H](N(C)C)[C@H]2O)[C@](C)(OC)C[C@@H](C)C(=O)[C@H](C)[C@H]2[C@H](/C(N)=N/OC(C)c3cc(-c4ncccn4)on3)C(=O)O[C@@]21C. The number of carbonyl (C=O) groups excluding carboxylic acids is 4. The first kappa shape index (κ1) is 46.7. The minimum atomic E-state index is -1.59. The number of aliphatic hydroxyl groups excluding tert-OH is 1. The fraction of sp³-hybridized carbons (Fsp3) is 0.714. The van der Waals surface area contributed by atoms with Crippen molar-refractivity contribution in [2.24, 2.45) is 46.4 Å². The van der Waals surface area contributed by atoms with E-state index in [4.69, 9.17) is 38.8 Å². The average molecular weight is 843 g/mol.